The first kappa shape index (κ1) is 26.1. The monoisotopic (exact) mass is 400 g/mol. The number of allylic oxidation sites excluding steroid dienone is 1. The van der Waals surface area contributed by atoms with Gasteiger partial charge in [-0.05, 0) is 25.8 Å². The number of ether oxygens (including phenoxy) is 1. The number of carbonyl (C=O) groups excluding carboxylic acids is 1. The highest BCUT2D eigenvalue weighted by Crippen LogP contribution is 2.18. The Morgan fingerprint density at radius 1 is 0.929 bits per heavy atom. The number of carboxylic acid groups (broad SMARTS) is 2. The minimum Gasteiger partial charge on any atom is -0.481 e. The highest BCUT2D eigenvalue weighted by molar-refractivity contribution is 5.88. The molecule has 0 amide bonds. The van der Waals surface area contributed by atoms with Gasteiger partial charge in [-0.15, -0.1) is 0 Å². The molecule has 0 spiro atoms. The number of aliphatic hydroxyl groups is 1. The molecule has 0 rings (SSSR count). The van der Waals surface area contributed by atoms with Crippen LogP contribution in [0.2, 0.25) is 0 Å². The van der Waals surface area contributed by atoms with Gasteiger partial charge >= 0.3 is 17.9 Å². The molecule has 0 aromatic rings. The smallest absolute Gasteiger partial charge is 0.336 e. The Kier molecular flexibility index (Phi) is 14.1. The van der Waals surface area contributed by atoms with Gasteiger partial charge in [0.15, 0.2) is 5.60 Å². The van der Waals surface area contributed by atoms with Crippen molar-refractivity contribution in [1.82, 2.24) is 0 Å². The van der Waals surface area contributed by atoms with Crippen molar-refractivity contribution < 1.29 is 34.4 Å². The van der Waals surface area contributed by atoms with E-state index in [9.17, 15) is 19.5 Å². The van der Waals surface area contributed by atoms with Gasteiger partial charge in [-0.25, -0.2) is 4.79 Å². The van der Waals surface area contributed by atoms with Crippen LogP contribution in [0, 0.1) is 0 Å². The fraction of sp³-hybridized carbons (Fsp3) is 0.762. The highest BCUT2D eigenvalue weighted by atomic mass is 16.5. The van der Waals surface area contributed by atoms with Crippen molar-refractivity contribution in [1.29, 1.82) is 0 Å². The fourth-order valence-electron chi connectivity index (χ4n) is 2.85. The van der Waals surface area contributed by atoms with E-state index in [1.165, 1.54) is 44.9 Å². The third kappa shape index (κ3) is 13.3. The molecular formula is C21H36O7. The Labute approximate surface area is 167 Å². The molecule has 28 heavy (non-hydrogen) atoms. The van der Waals surface area contributed by atoms with Crippen LogP contribution in [0.25, 0.3) is 0 Å². The molecule has 0 fully saturated rings. The Morgan fingerprint density at radius 2 is 1.46 bits per heavy atom. The van der Waals surface area contributed by atoms with Crippen LogP contribution in [0.15, 0.2) is 12.2 Å². The molecule has 7 heteroatoms. The van der Waals surface area contributed by atoms with Gasteiger partial charge in [0.05, 0.1) is 12.8 Å². The standard InChI is InChI=1S/C21H36O7/c1-3-4-5-6-7-8-9-10-11-12-13-14-17(2)28-19(24)16-21(27,20(25)26)15-18(22)23/h13-14,17,27H,3-12,15-16H2,1-2H3,(H,22,23)(H,25,26). The molecule has 0 aromatic carbocycles. The third-order valence-electron chi connectivity index (χ3n) is 4.48. The molecule has 162 valence electrons. The molecule has 0 bridgehead atoms. The number of hydrogen-bond acceptors (Lipinski definition) is 5. The van der Waals surface area contributed by atoms with E-state index in [0.29, 0.717) is 0 Å². The van der Waals surface area contributed by atoms with Gasteiger partial charge in [-0.3, -0.25) is 9.59 Å². The van der Waals surface area contributed by atoms with Gasteiger partial charge in [0.1, 0.15) is 6.10 Å². The second-order valence-electron chi connectivity index (χ2n) is 7.32. The normalized spacial score (nSPS) is 14.5. The van der Waals surface area contributed by atoms with Crippen molar-refractivity contribution >= 4 is 17.9 Å². The molecule has 2 atom stereocenters. The summed E-state index contributed by atoms with van der Waals surface area (Å²) < 4.78 is 5.03. The van der Waals surface area contributed by atoms with E-state index in [4.69, 9.17) is 14.9 Å². The SMILES string of the molecule is CCCCCCCCCCCC=CC(C)OC(=O)CC(O)(CC(=O)O)C(=O)O. The lowest BCUT2D eigenvalue weighted by Gasteiger charge is -2.21. The zero-order chi connectivity index (χ0) is 21.4. The molecule has 0 aliphatic heterocycles. The van der Waals surface area contributed by atoms with Crippen molar-refractivity contribution in [2.45, 2.75) is 103 Å². The summed E-state index contributed by atoms with van der Waals surface area (Å²) in [5.41, 5.74) is -2.66. The highest BCUT2D eigenvalue weighted by Gasteiger charge is 2.41. The number of rotatable bonds is 17. The average Bonchev–Trinajstić information content (AvgIpc) is 2.58. The van der Waals surface area contributed by atoms with Crippen LogP contribution in [0.1, 0.15) is 90.9 Å². The molecule has 0 aliphatic carbocycles. The Morgan fingerprint density at radius 3 is 1.96 bits per heavy atom. The Balaban J connectivity index is 3.97. The van der Waals surface area contributed by atoms with Crippen LogP contribution in [0.4, 0.5) is 0 Å². The van der Waals surface area contributed by atoms with Gasteiger partial charge in [-0.2, -0.15) is 0 Å². The fourth-order valence-corrected chi connectivity index (χ4v) is 2.85. The predicted molar refractivity (Wildman–Crippen MR) is 106 cm³/mol. The molecular weight excluding hydrogens is 364 g/mol. The van der Waals surface area contributed by atoms with Gasteiger partial charge in [-0.1, -0.05) is 64.4 Å². The maximum Gasteiger partial charge on any atom is 0.336 e. The second-order valence-corrected chi connectivity index (χ2v) is 7.32. The number of aliphatic carboxylic acids is 2. The number of carbonyl (C=O) groups is 3. The first-order valence-corrected chi connectivity index (χ1v) is 10.2. The van der Waals surface area contributed by atoms with Crippen molar-refractivity contribution in [2.24, 2.45) is 0 Å². The third-order valence-corrected chi connectivity index (χ3v) is 4.48. The summed E-state index contributed by atoms with van der Waals surface area (Å²) in [6.45, 7) is 3.84. The maximum absolute atomic E-state index is 11.8. The van der Waals surface area contributed by atoms with Gasteiger partial charge in [0.2, 0.25) is 0 Å². The molecule has 7 nitrogen and oxygen atoms in total. The first-order valence-electron chi connectivity index (χ1n) is 10.2. The summed E-state index contributed by atoms with van der Waals surface area (Å²) >= 11 is 0. The van der Waals surface area contributed by atoms with Crippen LogP contribution >= 0.6 is 0 Å². The van der Waals surface area contributed by atoms with Crippen LogP contribution in [-0.4, -0.2) is 44.9 Å². The topological polar surface area (TPSA) is 121 Å². The Bertz CT molecular complexity index is 501. The van der Waals surface area contributed by atoms with Crippen LogP contribution in [0.3, 0.4) is 0 Å². The number of hydrogen-bond donors (Lipinski definition) is 3. The van der Waals surface area contributed by atoms with Crippen molar-refractivity contribution in [3.63, 3.8) is 0 Å². The quantitative estimate of drug-likeness (QED) is 0.191. The number of esters is 1. The zero-order valence-corrected chi connectivity index (χ0v) is 17.2. The minimum atomic E-state index is -2.66. The lowest BCUT2D eigenvalue weighted by molar-refractivity contribution is -0.172. The van der Waals surface area contributed by atoms with E-state index in [1.54, 1.807) is 13.0 Å². The van der Waals surface area contributed by atoms with E-state index in [2.05, 4.69) is 6.92 Å². The lowest BCUT2D eigenvalue weighted by atomic mass is 9.96. The molecule has 2 unspecified atom stereocenters. The summed E-state index contributed by atoms with van der Waals surface area (Å²) in [5.74, 6) is -4.22. The van der Waals surface area contributed by atoms with Gasteiger partial charge in [0, 0.05) is 0 Å². The van der Waals surface area contributed by atoms with Gasteiger partial charge < -0.3 is 20.1 Å². The average molecular weight is 401 g/mol. The summed E-state index contributed by atoms with van der Waals surface area (Å²) in [6, 6.07) is 0. The zero-order valence-electron chi connectivity index (χ0n) is 17.2. The number of unbranched alkanes of at least 4 members (excludes halogenated alkanes) is 9. The van der Waals surface area contributed by atoms with Crippen molar-refractivity contribution in [2.75, 3.05) is 0 Å². The van der Waals surface area contributed by atoms with E-state index in [1.807, 2.05) is 6.08 Å². The van der Waals surface area contributed by atoms with Crippen LogP contribution < -0.4 is 0 Å². The molecule has 3 N–H and O–H groups in total. The maximum atomic E-state index is 11.8. The van der Waals surface area contributed by atoms with Gasteiger partial charge in [0.25, 0.3) is 0 Å². The lowest BCUT2D eigenvalue weighted by Crippen LogP contribution is -2.43. The molecule has 0 saturated heterocycles. The molecule has 0 aliphatic rings. The first-order chi connectivity index (χ1) is 13.2. The van der Waals surface area contributed by atoms with Crippen molar-refractivity contribution in [3.05, 3.63) is 12.2 Å². The summed E-state index contributed by atoms with van der Waals surface area (Å²) in [5, 5.41) is 27.4. The number of carboxylic acids is 2. The summed E-state index contributed by atoms with van der Waals surface area (Å²) in [4.78, 5) is 33.5. The second kappa shape index (κ2) is 15.1. The molecule has 0 radical (unpaired) electrons. The summed E-state index contributed by atoms with van der Waals surface area (Å²) in [6.07, 6.45) is 13.2. The summed E-state index contributed by atoms with van der Waals surface area (Å²) in [7, 11) is 0. The molecule has 0 saturated carbocycles. The molecule has 0 heterocycles. The van der Waals surface area contributed by atoms with Crippen LogP contribution in [0.5, 0.6) is 0 Å². The minimum absolute atomic E-state index is 0.575. The van der Waals surface area contributed by atoms with E-state index in [0.717, 1.165) is 19.3 Å². The van der Waals surface area contributed by atoms with E-state index < -0.39 is 42.5 Å². The van der Waals surface area contributed by atoms with E-state index in [-0.39, 0.29) is 0 Å². The van der Waals surface area contributed by atoms with Crippen molar-refractivity contribution in [3.8, 4) is 0 Å². The van der Waals surface area contributed by atoms with Crippen LogP contribution in [-0.2, 0) is 19.1 Å². The predicted octanol–water partition coefficient (Wildman–Crippen LogP) is 4.08. The Hall–Kier alpha value is -1.89. The van der Waals surface area contributed by atoms with E-state index >= 15 is 0 Å². The molecule has 0 aromatic heterocycles. The largest absolute Gasteiger partial charge is 0.481 e.